The molecule has 3 rings (SSSR count). The fraction of sp³-hybridized carbons (Fsp3) is 0.200. The molecule has 142 valence electrons. The van der Waals surface area contributed by atoms with Crippen molar-refractivity contribution in [3.8, 4) is 17.0 Å². The van der Waals surface area contributed by atoms with Gasteiger partial charge in [0.1, 0.15) is 17.7 Å². The maximum absolute atomic E-state index is 14.6. The molecule has 4 N–H and O–H groups in total. The normalized spacial score (nSPS) is 11.6. The summed E-state index contributed by atoms with van der Waals surface area (Å²) in [6.07, 6.45) is -3.42. The minimum Gasteiger partial charge on any atom is -0.479 e. The number of nitrogen functional groups attached to an aromatic ring is 1. The smallest absolute Gasteiger partial charge is 0.405 e. The van der Waals surface area contributed by atoms with E-state index in [1.54, 1.807) is 0 Å². The minimum absolute atomic E-state index is 0.000422. The number of benzene rings is 1. The van der Waals surface area contributed by atoms with E-state index >= 15 is 0 Å². The largest absolute Gasteiger partial charge is 0.479 e. The van der Waals surface area contributed by atoms with Gasteiger partial charge in [0.05, 0.1) is 24.6 Å². The van der Waals surface area contributed by atoms with Crippen LogP contribution in [0.25, 0.3) is 16.6 Å². The molecule has 1 aromatic carbocycles. The summed E-state index contributed by atoms with van der Waals surface area (Å²) in [5, 5.41) is 9.21. The lowest BCUT2D eigenvalue weighted by Crippen LogP contribution is -2.21. The molecule has 12 heteroatoms. The Morgan fingerprint density at radius 3 is 2.74 bits per heavy atom. The number of alkyl halides is 3. The van der Waals surface area contributed by atoms with E-state index in [0.717, 1.165) is 10.7 Å². The van der Waals surface area contributed by atoms with Crippen LogP contribution in [0.3, 0.4) is 0 Å². The van der Waals surface area contributed by atoms with Gasteiger partial charge in [-0.05, 0) is 17.7 Å². The van der Waals surface area contributed by atoms with Gasteiger partial charge in [-0.2, -0.15) is 23.3 Å². The average Bonchev–Trinajstić information content (AvgIpc) is 2.93. The molecule has 2 heterocycles. The third-order valence-electron chi connectivity index (χ3n) is 3.65. The number of aromatic nitrogens is 3. The highest BCUT2D eigenvalue weighted by Crippen LogP contribution is 2.37. The van der Waals surface area contributed by atoms with Crippen LogP contribution in [0, 0.1) is 11.3 Å². The lowest BCUT2D eigenvalue weighted by molar-refractivity contribution is -0.115. The Morgan fingerprint density at radius 2 is 2.11 bits per heavy atom. The van der Waals surface area contributed by atoms with Crippen molar-refractivity contribution in [2.45, 2.75) is 6.18 Å². The Kier molecular flexibility index (Phi) is 4.56. The fourth-order valence-corrected chi connectivity index (χ4v) is 2.58. The Hall–Kier alpha value is -3.44. The summed E-state index contributed by atoms with van der Waals surface area (Å²) < 4.78 is 58.4. The predicted octanol–water partition coefficient (Wildman–Crippen LogP) is 3.76. The van der Waals surface area contributed by atoms with Crippen molar-refractivity contribution < 1.29 is 22.3 Å². The highest BCUT2D eigenvalue weighted by atomic mass is 19.4. The number of nitrogens with two attached hydrogens (primary N) is 1. The van der Waals surface area contributed by atoms with Gasteiger partial charge in [0, 0.05) is 0 Å². The minimum atomic E-state index is -4.47. The molecule has 8 nitrogen and oxygen atoms in total. The first-order valence-corrected chi connectivity index (χ1v) is 7.44. The van der Waals surface area contributed by atoms with Crippen LogP contribution in [0.2, 0.25) is 0 Å². The van der Waals surface area contributed by atoms with Gasteiger partial charge in [-0.15, -0.1) is 5.10 Å². The summed E-state index contributed by atoms with van der Waals surface area (Å²) in [6.45, 7) is -1.33. The molecule has 3 aromatic rings. The van der Waals surface area contributed by atoms with Crippen molar-refractivity contribution in [3.05, 3.63) is 30.2 Å². The van der Waals surface area contributed by atoms with Crippen molar-refractivity contribution in [3.63, 3.8) is 0 Å². The first-order chi connectivity index (χ1) is 12.7. The van der Waals surface area contributed by atoms with E-state index in [-0.39, 0.29) is 39.8 Å². The molecular formula is C15H13F4N7O. The average molecular weight is 383 g/mol. The van der Waals surface area contributed by atoms with Gasteiger partial charge in [-0.1, -0.05) is 6.07 Å². The molecule has 27 heavy (non-hydrogen) atoms. The van der Waals surface area contributed by atoms with Crippen molar-refractivity contribution in [2.75, 3.05) is 24.7 Å². The number of halogens is 4. The zero-order chi connectivity index (χ0) is 19.8. The number of hydrogen-bond donors (Lipinski definition) is 3. The second-order valence-electron chi connectivity index (χ2n) is 5.44. The van der Waals surface area contributed by atoms with Crippen molar-refractivity contribution in [2.24, 2.45) is 5.11 Å². The molecule has 0 spiro atoms. The van der Waals surface area contributed by atoms with Gasteiger partial charge in [0.2, 0.25) is 11.8 Å². The van der Waals surface area contributed by atoms with Gasteiger partial charge in [0.25, 0.3) is 0 Å². The molecular weight excluding hydrogens is 370 g/mol. The van der Waals surface area contributed by atoms with Gasteiger partial charge in [-0.25, -0.2) is 14.4 Å². The van der Waals surface area contributed by atoms with Gasteiger partial charge < -0.3 is 15.8 Å². The van der Waals surface area contributed by atoms with Crippen LogP contribution in [-0.2, 0) is 0 Å². The maximum Gasteiger partial charge on any atom is 0.405 e. The standard InChI is InChI=1S/C15H13F4N7O/c1-27-13-12-11(8(16)5-26(12)25-14(20)23-13)7-2-3-9(24-21)10(4-7)22-6-15(17,18)19/h2-5,21-22H,6H2,1H3,(H2,20,25). The van der Waals surface area contributed by atoms with Crippen molar-refractivity contribution in [1.29, 1.82) is 5.53 Å². The highest BCUT2D eigenvalue weighted by Gasteiger charge is 2.27. The molecule has 0 unspecified atom stereocenters. The third-order valence-corrected chi connectivity index (χ3v) is 3.65. The Labute approximate surface area is 149 Å². The SMILES string of the molecule is COc1nc(N)nn2cc(F)c(-c3ccc(N=N)c(NCC(F)(F)F)c3)c12. The summed E-state index contributed by atoms with van der Waals surface area (Å²) >= 11 is 0. The van der Waals surface area contributed by atoms with E-state index in [0.29, 0.717) is 0 Å². The van der Waals surface area contributed by atoms with Crippen LogP contribution in [0.15, 0.2) is 29.5 Å². The molecule has 0 aliphatic heterocycles. The first kappa shape index (κ1) is 18.4. The monoisotopic (exact) mass is 383 g/mol. The van der Waals surface area contributed by atoms with Crippen LogP contribution in [0.5, 0.6) is 5.88 Å². The Morgan fingerprint density at radius 1 is 1.37 bits per heavy atom. The summed E-state index contributed by atoms with van der Waals surface area (Å²) in [6, 6.07) is 3.97. The summed E-state index contributed by atoms with van der Waals surface area (Å²) in [5.41, 5.74) is 12.9. The van der Waals surface area contributed by atoms with Crippen molar-refractivity contribution in [1.82, 2.24) is 14.6 Å². The van der Waals surface area contributed by atoms with E-state index in [4.69, 9.17) is 16.0 Å². The van der Waals surface area contributed by atoms with Crippen LogP contribution in [0.1, 0.15) is 0 Å². The van der Waals surface area contributed by atoms with E-state index in [1.807, 2.05) is 0 Å². The van der Waals surface area contributed by atoms with E-state index in [9.17, 15) is 17.6 Å². The zero-order valence-electron chi connectivity index (χ0n) is 13.8. The number of nitrogens with one attached hydrogen (secondary N) is 2. The summed E-state index contributed by atoms with van der Waals surface area (Å²) in [5.74, 6) is -0.845. The number of ether oxygens (including phenoxy) is 1. The number of nitrogens with zero attached hydrogens (tertiary/aromatic N) is 4. The van der Waals surface area contributed by atoms with E-state index in [2.05, 4.69) is 20.5 Å². The number of methoxy groups -OCH3 is 1. The number of hydrogen-bond acceptors (Lipinski definition) is 7. The van der Waals surface area contributed by atoms with Gasteiger partial charge in [0.15, 0.2) is 5.82 Å². The summed E-state index contributed by atoms with van der Waals surface area (Å²) in [7, 11) is 1.31. The Balaban J connectivity index is 2.16. The molecule has 0 atom stereocenters. The topological polar surface area (TPSA) is 114 Å². The van der Waals surface area contributed by atoms with Crippen LogP contribution in [-0.4, -0.2) is 34.4 Å². The van der Waals surface area contributed by atoms with E-state index < -0.39 is 18.5 Å². The molecule has 0 radical (unpaired) electrons. The summed E-state index contributed by atoms with van der Waals surface area (Å²) in [4.78, 5) is 3.89. The first-order valence-electron chi connectivity index (χ1n) is 7.44. The maximum atomic E-state index is 14.6. The molecule has 0 amide bonds. The van der Waals surface area contributed by atoms with Crippen molar-refractivity contribution >= 4 is 22.8 Å². The van der Waals surface area contributed by atoms with Crippen LogP contribution >= 0.6 is 0 Å². The number of rotatable bonds is 5. The molecule has 0 aliphatic rings. The molecule has 0 saturated heterocycles. The fourth-order valence-electron chi connectivity index (χ4n) is 2.58. The number of fused-ring (bicyclic) bond motifs is 1. The second kappa shape index (κ2) is 6.70. The van der Waals surface area contributed by atoms with Crippen LogP contribution in [0.4, 0.5) is 34.9 Å². The highest BCUT2D eigenvalue weighted by molar-refractivity contribution is 5.87. The van der Waals surface area contributed by atoms with Gasteiger partial charge in [-0.3, -0.25) is 0 Å². The zero-order valence-corrected chi connectivity index (χ0v) is 13.8. The third kappa shape index (κ3) is 3.59. The number of anilines is 2. The van der Waals surface area contributed by atoms with Crippen LogP contribution < -0.4 is 15.8 Å². The molecule has 2 aromatic heterocycles. The van der Waals surface area contributed by atoms with Gasteiger partial charge >= 0.3 is 6.18 Å². The molecule has 0 fully saturated rings. The quantitative estimate of drug-likeness (QED) is 0.459. The molecule has 0 bridgehead atoms. The lowest BCUT2D eigenvalue weighted by atomic mass is 10.0. The van der Waals surface area contributed by atoms with E-state index in [1.165, 1.54) is 25.3 Å². The Bertz CT molecular complexity index is 1020. The predicted molar refractivity (Wildman–Crippen MR) is 88.7 cm³/mol. The molecule has 0 aliphatic carbocycles. The second-order valence-corrected chi connectivity index (χ2v) is 5.44. The lowest BCUT2D eigenvalue weighted by Gasteiger charge is -2.13. The molecule has 0 saturated carbocycles.